The highest BCUT2D eigenvalue weighted by Crippen LogP contribution is 2.33. The van der Waals surface area contributed by atoms with Crippen LogP contribution < -0.4 is 0 Å². The van der Waals surface area contributed by atoms with Crippen LogP contribution in [0.2, 0.25) is 0 Å². The molecule has 1 N–H and O–H groups in total. The monoisotopic (exact) mass is 298 g/mol. The molecule has 1 rings (SSSR count). The Bertz CT molecular complexity index is 403. The van der Waals surface area contributed by atoms with Crippen molar-refractivity contribution in [2.75, 3.05) is 6.61 Å². The van der Waals surface area contributed by atoms with Gasteiger partial charge in [0.25, 0.3) is 0 Å². The van der Waals surface area contributed by atoms with Gasteiger partial charge in [-0.3, -0.25) is 0 Å². The topological polar surface area (TPSA) is 46.5 Å². The molecule has 0 bridgehead atoms. The Hall–Kier alpha value is -1.06. The molecule has 2 atom stereocenters. The van der Waals surface area contributed by atoms with Crippen molar-refractivity contribution < 1.29 is 14.6 Å². The first-order valence-corrected chi connectivity index (χ1v) is 7.52. The maximum absolute atomic E-state index is 12.0. The van der Waals surface area contributed by atoms with E-state index >= 15 is 0 Å². The van der Waals surface area contributed by atoms with E-state index < -0.39 is 16.9 Å². The zero-order valence-electron chi connectivity index (χ0n) is 12.1. The van der Waals surface area contributed by atoms with Crippen molar-refractivity contribution in [2.45, 2.75) is 50.5 Å². The van der Waals surface area contributed by atoms with Gasteiger partial charge in [0.05, 0.1) is 12.0 Å². The van der Waals surface area contributed by atoms with Crippen LogP contribution in [0, 0.1) is 0 Å². The van der Waals surface area contributed by atoms with Gasteiger partial charge in [-0.25, -0.2) is 4.79 Å². The van der Waals surface area contributed by atoms with Crippen molar-refractivity contribution in [2.24, 2.45) is 0 Å². The van der Waals surface area contributed by atoms with Crippen LogP contribution in [0.1, 0.15) is 50.5 Å². The lowest BCUT2D eigenvalue weighted by Gasteiger charge is -2.26. The van der Waals surface area contributed by atoms with Gasteiger partial charge >= 0.3 is 5.97 Å². The molecule has 0 aliphatic carbocycles. The van der Waals surface area contributed by atoms with Gasteiger partial charge in [-0.1, -0.05) is 56.5 Å². The molecule has 1 aromatic carbocycles. The molecule has 1 aromatic rings. The van der Waals surface area contributed by atoms with Gasteiger partial charge in [-0.2, -0.15) is 0 Å². The molecule has 0 heterocycles. The van der Waals surface area contributed by atoms with Gasteiger partial charge in [0, 0.05) is 0 Å². The summed E-state index contributed by atoms with van der Waals surface area (Å²) in [4.78, 5) is 12.0. The Morgan fingerprint density at radius 3 is 2.55 bits per heavy atom. The zero-order chi connectivity index (χ0) is 15.0. The van der Waals surface area contributed by atoms with Gasteiger partial charge in [0.1, 0.15) is 0 Å². The first-order chi connectivity index (χ1) is 9.50. The Balaban J connectivity index is 2.52. The lowest BCUT2D eigenvalue weighted by atomic mass is 9.96. The summed E-state index contributed by atoms with van der Waals surface area (Å²) in [5.41, 5.74) is -1.03. The zero-order valence-corrected chi connectivity index (χ0v) is 12.9. The highest BCUT2D eigenvalue weighted by molar-refractivity contribution is 6.23. The van der Waals surface area contributed by atoms with E-state index in [0.717, 1.165) is 25.7 Å². The Kier molecular flexibility index (Phi) is 7.03. The molecular weight excluding hydrogens is 276 g/mol. The third kappa shape index (κ3) is 4.80. The molecule has 0 saturated carbocycles. The number of ether oxygens (including phenoxy) is 1. The SMILES string of the molecule is CCCCCCOC(=O)[C@](C)(O)[C@H](Cl)c1ccccc1. The van der Waals surface area contributed by atoms with Crippen LogP contribution in [-0.4, -0.2) is 23.3 Å². The molecular formula is C16H23ClO3. The normalized spacial score (nSPS) is 15.4. The van der Waals surface area contributed by atoms with Gasteiger partial charge in [-0.15, -0.1) is 11.6 Å². The van der Waals surface area contributed by atoms with Crippen molar-refractivity contribution in [3.05, 3.63) is 35.9 Å². The van der Waals surface area contributed by atoms with Crippen LogP contribution in [0.3, 0.4) is 0 Å². The second kappa shape index (κ2) is 8.28. The first-order valence-electron chi connectivity index (χ1n) is 7.08. The number of hydrogen-bond acceptors (Lipinski definition) is 3. The fourth-order valence-corrected chi connectivity index (χ4v) is 2.12. The third-order valence-electron chi connectivity index (χ3n) is 3.23. The largest absolute Gasteiger partial charge is 0.464 e. The maximum Gasteiger partial charge on any atom is 0.339 e. The molecule has 0 aromatic heterocycles. The smallest absolute Gasteiger partial charge is 0.339 e. The summed E-state index contributed by atoms with van der Waals surface area (Å²) in [6.07, 6.45) is 4.09. The molecule has 0 radical (unpaired) electrons. The fourth-order valence-electron chi connectivity index (χ4n) is 1.89. The molecule has 0 amide bonds. The minimum Gasteiger partial charge on any atom is -0.464 e. The molecule has 0 saturated heterocycles. The van der Waals surface area contributed by atoms with E-state index in [-0.39, 0.29) is 0 Å². The lowest BCUT2D eigenvalue weighted by Crippen LogP contribution is -2.41. The average molecular weight is 299 g/mol. The molecule has 20 heavy (non-hydrogen) atoms. The summed E-state index contributed by atoms with van der Waals surface area (Å²) in [6, 6.07) is 9.04. The number of halogens is 1. The molecule has 3 nitrogen and oxygen atoms in total. The summed E-state index contributed by atoms with van der Waals surface area (Å²) < 4.78 is 5.12. The third-order valence-corrected chi connectivity index (χ3v) is 3.91. The van der Waals surface area contributed by atoms with Crippen molar-refractivity contribution in [3.63, 3.8) is 0 Å². The summed E-state index contributed by atoms with van der Waals surface area (Å²) in [5, 5.41) is 9.47. The highest BCUT2D eigenvalue weighted by atomic mass is 35.5. The number of aliphatic hydroxyl groups is 1. The summed E-state index contributed by atoms with van der Waals surface area (Å²) >= 11 is 6.20. The fraction of sp³-hybridized carbons (Fsp3) is 0.562. The summed E-state index contributed by atoms with van der Waals surface area (Å²) in [7, 11) is 0. The predicted molar refractivity (Wildman–Crippen MR) is 80.8 cm³/mol. The first kappa shape index (κ1) is 17.0. The summed E-state index contributed by atoms with van der Waals surface area (Å²) in [5.74, 6) is -0.669. The quantitative estimate of drug-likeness (QED) is 0.450. The molecule has 0 unspecified atom stereocenters. The number of unbranched alkanes of at least 4 members (excludes halogenated alkanes) is 3. The van der Waals surface area contributed by atoms with E-state index in [2.05, 4.69) is 6.92 Å². The minimum absolute atomic E-state index is 0.327. The van der Waals surface area contributed by atoms with Crippen LogP contribution in [0.15, 0.2) is 30.3 Å². The number of hydrogen-bond donors (Lipinski definition) is 1. The van der Waals surface area contributed by atoms with Crippen molar-refractivity contribution in [1.82, 2.24) is 0 Å². The second-order valence-electron chi connectivity index (χ2n) is 5.12. The number of benzene rings is 1. The summed E-state index contributed by atoms with van der Waals surface area (Å²) in [6.45, 7) is 3.84. The van der Waals surface area contributed by atoms with Gasteiger partial charge in [-0.05, 0) is 18.9 Å². The second-order valence-corrected chi connectivity index (χ2v) is 5.55. The number of carbonyl (C=O) groups excluding carboxylic acids is 1. The predicted octanol–water partition coefficient (Wildman–Crippen LogP) is 3.84. The number of esters is 1. The number of rotatable bonds is 8. The van der Waals surface area contributed by atoms with E-state index in [4.69, 9.17) is 16.3 Å². The Morgan fingerprint density at radius 1 is 1.30 bits per heavy atom. The maximum atomic E-state index is 12.0. The molecule has 0 spiro atoms. The molecule has 112 valence electrons. The standard InChI is InChI=1S/C16H23ClO3/c1-3-4-5-9-12-20-15(18)16(2,19)14(17)13-10-7-6-8-11-13/h6-8,10-11,14,19H,3-5,9,12H2,1-2H3/t14-,16-/m1/s1. The van der Waals surface area contributed by atoms with E-state index in [1.807, 2.05) is 18.2 Å². The Morgan fingerprint density at radius 2 is 1.95 bits per heavy atom. The van der Waals surface area contributed by atoms with E-state index in [9.17, 15) is 9.90 Å². The van der Waals surface area contributed by atoms with Crippen LogP contribution in [0.4, 0.5) is 0 Å². The molecule has 0 fully saturated rings. The van der Waals surface area contributed by atoms with Gasteiger partial charge in [0.15, 0.2) is 5.60 Å². The van der Waals surface area contributed by atoms with Crippen LogP contribution in [0.25, 0.3) is 0 Å². The van der Waals surface area contributed by atoms with Gasteiger partial charge < -0.3 is 9.84 Å². The molecule has 0 aliphatic heterocycles. The van der Waals surface area contributed by atoms with Crippen molar-refractivity contribution in [3.8, 4) is 0 Å². The van der Waals surface area contributed by atoms with Gasteiger partial charge in [0.2, 0.25) is 0 Å². The minimum atomic E-state index is -1.73. The Labute approximate surface area is 125 Å². The average Bonchev–Trinajstić information content (AvgIpc) is 2.46. The highest BCUT2D eigenvalue weighted by Gasteiger charge is 2.40. The lowest BCUT2D eigenvalue weighted by molar-refractivity contribution is -0.164. The van der Waals surface area contributed by atoms with E-state index in [0.29, 0.717) is 12.2 Å². The van der Waals surface area contributed by atoms with Crippen molar-refractivity contribution in [1.29, 1.82) is 0 Å². The number of carbonyl (C=O) groups is 1. The van der Waals surface area contributed by atoms with Crippen molar-refractivity contribution >= 4 is 17.6 Å². The van der Waals surface area contributed by atoms with E-state index in [1.54, 1.807) is 12.1 Å². The van der Waals surface area contributed by atoms with E-state index in [1.165, 1.54) is 6.92 Å². The van der Waals surface area contributed by atoms with Crippen LogP contribution in [-0.2, 0) is 9.53 Å². The molecule has 0 aliphatic rings. The van der Waals surface area contributed by atoms with Crippen LogP contribution in [0.5, 0.6) is 0 Å². The van der Waals surface area contributed by atoms with Crippen LogP contribution >= 0.6 is 11.6 Å². The molecule has 4 heteroatoms. The number of alkyl halides is 1.